The van der Waals surface area contributed by atoms with Gasteiger partial charge in [0.25, 0.3) is 0 Å². The van der Waals surface area contributed by atoms with Crippen LogP contribution < -0.4 is 15.4 Å². The summed E-state index contributed by atoms with van der Waals surface area (Å²) in [4.78, 5) is 23.2. The van der Waals surface area contributed by atoms with Crippen molar-refractivity contribution in [2.24, 2.45) is 0 Å². The molecule has 1 atom stereocenters. The molecule has 0 unspecified atom stereocenters. The number of likely N-dealkylation sites (N-methyl/N-ethyl adjacent to an activating group) is 1. The molecule has 2 N–H and O–H groups in total. The molecule has 0 radical (unpaired) electrons. The molecule has 2 aromatic carbocycles. The lowest BCUT2D eigenvalue weighted by atomic mass is 10.1. The molecule has 0 bridgehead atoms. The summed E-state index contributed by atoms with van der Waals surface area (Å²) in [6.45, 7) is 1.75. The molecule has 1 aliphatic rings. The highest BCUT2D eigenvalue weighted by molar-refractivity contribution is 14.0. The summed E-state index contributed by atoms with van der Waals surface area (Å²) in [5.74, 6) is 0.170. The van der Waals surface area contributed by atoms with Gasteiger partial charge in [-0.05, 0) is 38.4 Å². The first-order chi connectivity index (χ1) is 16.4. The van der Waals surface area contributed by atoms with E-state index >= 15 is 0 Å². The van der Waals surface area contributed by atoms with Crippen molar-refractivity contribution in [2.75, 3.05) is 44.5 Å². The van der Waals surface area contributed by atoms with E-state index in [2.05, 4.69) is 20.6 Å². The number of nitrogens with zero attached hydrogens (tertiary/aromatic N) is 3. The average molecular weight is 614 g/mol. The van der Waals surface area contributed by atoms with Gasteiger partial charge in [-0.2, -0.15) is 0 Å². The van der Waals surface area contributed by atoms with Crippen LogP contribution in [0.25, 0.3) is 10.9 Å². The van der Waals surface area contributed by atoms with Gasteiger partial charge >= 0.3 is 0 Å². The molecular formula is C24H26ClFIN5O3. The molecule has 2 heterocycles. The number of anilines is 3. The van der Waals surface area contributed by atoms with Gasteiger partial charge < -0.3 is 25.0 Å². The Kier molecular flexibility index (Phi) is 9.61. The molecule has 11 heteroatoms. The van der Waals surface area contributed by atoms with Crippen molar-refractivity contribution in [1.29, 1.82) is 0 Å². The lowest BCUT2D eigenvalue weighted by molar-refractivity contribution is -0.111. The molecule has 1 aromatic heterocycles. The Hall–Kier alpha value is -2.54. The second-order valence-electron chi connectivity index (χ2n) is 8.10. The Morgan fingerprint density at radius 2 is 2.14 bits per heavy atom. The highest BCUT2D eigenvalue weighted by Crippen LogP contribution is 2.35. The van der Waals surface area contributed by atoms with Crippen molar-refractivity contribution in [2.45, 2.75) is 12.5 Å². The van der Waals surface area contributed by atoms with Crippen LogP contribution in [0.15, 0.2) is 48.8 Å². The maximum atomic E-state index is 13.6. The van der Waals surface area contributed by atoms with Crippen LogP contribution in [0.4, 0.5) is 21.6 Å². The third-order valence-corrected chi connectivity index (χ3v) is 5.39. The first kappa shape index (κ1) is 27.1. The maximum absolute atomic E-state index is 13.6. The van der Waals surface area contributed by atoms with Gasteiger partial charge in [-0.1, -0.05) is 17.7 Å². The van der Waals surface area contributed by atoms with Gasteiger partial charge in [0.1, 0.15) is 29.8 Å². The lowest BCUT2D eigenvalue weighted by Gasteiger charge is -2.17. The molecule has 8 nitrogen and oxygen atoms in total. The SMILES string of the molecule is CN(C)C/C=C/C(=O)Nc1cc2c(Nc3ccc(F)c(Cl)c3)ncnc2cc1O[C@H]1CCOC1.I. The van der Waals surface area contributed by atoms with Crippen molar-refractivity contribution in [3.8, 4) is 5.75 Å². The zero-order chi connectivity index (χ0) is 24.1. The molecule has 186 valence electrons. The predicted octanol–water partition coefficient (Wildman–Crippen LogP) is 5.01. The van der Waals surface area contributed by atoms with Crippen LogP contribution in [0.2, 0.25) is 5.02 Å². The summed E-state index contributed by atoms with van der Waals surface area (Å²) in [5.41, 5.74) is 1.65. The van der Waals surface area contributed by atoms with E-state index in [0.717, 1.165) is 6.42 Å². The summed E-state index contributed by atoms with van der Waals surface area (Å²) in [7, 11) is 3.84. The van der Waals surface area contributed by atoms with Crippen molar-refractivity contribution >= 4 is 69.6 Å². The van der Waals surface area contributed by atoms with Crippen molar-refractivity contribution in [3.05, 3.63) is 59.7 Å². The fraction of sp³-hybridized carbons (Fsp3) is 0.292. The zero-order valence-electron chi connectivity index (χ0n) is 19.3. The van der Waals surface area contributed by atoms with Crippen molar-refractivity contribution in [1.82, 2.24) is 14.9 Å². The lowest BCUT2D eigenvalue weighted by Crippen LogP contribution is -2.18. The highest BCUT2D eigenvalue weighted by Gasteiger charge is 2.20. The molecule has 0 saturated carbocycles. The molecule has 1 saturated heterocycles. The summed E-state index contributed by atoms with van der Waals surface area (Å²) >= 11 is 5.91. The number of halogens is 3. The summed E-state index contributed by atoms with van der Waals surface area (Å²) < 4.78 is 25.1. The van der Waals surface area contributed by atoms with Gasteiger partial charge in [0, 0.05) is 36.2 Å². The molecule has 3 aromatic rings. The minimum absolute atomic E-state index is 0. The van der Waals surface area contributed by atoms with Crippen LogP contribution >= 0.6 is 35.6 Å². The van der Waals surface area contributed by atoms with E-state index in [-0.39, 0.29) is 41.0 Å². The Morgan fingerprint density at radius 3 is 2.86 bits per heavy atom. The average Bonchev–Trinajstić information content (AvgIpc) is 3.30. The van der Waals surface area contributed by atoms with E-state index in [4.69, 9.17) is 21.1 Å². The van der Waals surface area contributed by atoms with Crippen LogP contribution in [0, 0.1) is 5.82 Å². The quantitative estimate of drug-likeness (QED) is 0.273. The van der Waals surface area contributed by atoms with Gasteiger partial charge in [0.2, 0.25) is 5.91 Å². The van der Waals surface area contributed by atoms with Gasteiger partial charge in [0.15, 0.2) is 0 Å². The number of amides is 1. The number of carbonyl (C=O) groups excluding carboxylic acids is 1. The van der Waals surface area contributed by atoms with Gasteiger partial charge in [-0.25, -0.2) is 14.4 Å². The Balaban J connectivity index is 0.00000342. The Morgan fingerprint density at radius 1 is 1.31 bits per heavy atom. The van der Waals surface area contributed by atoms with E-state index in [9.17, 15) is 9.18 Å². The Labute approximate surface area is 224 Å². The normalized spacial score (nSPS) is 15.4. The molecule has 0 spiro atoms. The smallest absolute Gasteiger partial charge is 0.248 e. The van der Waals surface area contributed by atoms with Crippen LogP contribution in [-0.4, -0.2) is 60.7 Å². The van der Waals surface area contributed by atoms with Crippen LogP contribution in [0.1, 0.15) is 6.42 Å². The topological polar surface area (TPSA) is 88.6 Å². The number of rotatable bonds is 8. The van der Waals surface area contributed by atoms with Gasteiger partial charge in [-0.15, -0.1) is 24.0 Å². The first-order valence-electron chi connectivity index (χ1n) is 10.8. The minimum atomic E-state index is -0.509. The first-order valence-corrected chi connectivity index (χ1v) is 11.1. The number of aromatic nitrogens is 2. The predicted molar refractivity (Wildman–Crippen MR) is 146 cm³/mol. The van der Waals surface area contributed by atoms with Gasteiger partial charge in [-0.3, -0.25) is 4.79 Å². The summed E-state index contributed by atoms with van der Waals surface area (Å²) in [6, 6.07) is 7.82. The molecular weight excluding hydrogens is 588 g/mol. The number of fused-ring (bicyclic) bond motifs is 1. The van der Waals surface area contributed by atoms with Crippen LogP contribution in [0.3, 0.4) is 0 Å². The fourth-order valence-corrected chi connectivity index (χ4v) is 3.60. The largest absolute Gasteiger partial charge is 0.486 e. The van der Waals surface area contributed by atoms with E-state index in [1.807, 2.05) is 19.0 Å². The summed E-state index contributed by atoms with van der Waals surface area (Å²) in [6.07, 6.45) is 5.32. The second kappa shape index (κ2) is 12.4. The zero-order valence-corrected chi connectivity index (χ0v) is 22.3. The number of hydrogen-bond donors (Lipinski definition) is 2. The second-order valence-corrected chi connectivity index (χ2v) is 8.51. The minimum Gasteiger partial charge on any atom is -0.486 e. The fourth-order valence-electron chi connectivity index (χ4n) is 3.42. The molecule has 1 amide bonds. The molecule has 35 heavy (non-hydrogen) atoms. The number of ether oxygens (including phenoxy) is 2. The van der Waals surface area contributed by atoms with Crippen LogP contribution in [-0.2, 0) is 9.53 Å². The highest BCUT2D eigenvalue weighted by atomic mass is 127. The number of hydrogen-bond acceptors (Lipinski definition) is 7. The third kappa shape index (κ3) is 7.23. The molecule has 1 fully saturated rings. The standard InChI is InChI=1S/C24H25ClFN5O3.HI/c1-31(2)8-3-4-23(32)30-21-11-17-20(12-22(21)34-16-7-9-33-13-16)27-14-28-24(17)29-15-5-6-19(26)18(25)10-15;/h3-6,10-12,14,16H,7-9,13H2,1-2H3,(H,30,32)(H,27,28,29);1H/b4-3+;/t16-;/m0./s1. The number of benzene rings is 2. The van der Waals surface area contributed by atoms with Crippen LogP contribution in [0.5, 0.6) is 5.75 Å². The molecule has 4 rings (SSSR count). The van der Waals surface area contributed by atoms with Crippen molar-refractivity contribution in [3.63, 3.8) is 0 Å². The van der Waals surface area contributed by atoms with E-state index < -0.39 is 5.82 Å². The number of nitrogens with one attached hydrogen (secondary N) is 2. The molecule has 0 aliphatic carbocycles. The van der Waals surface area contributed by atoms with E-state index in [1.54, 1.807) is 24.3 Å². The van der Waals surface area contributed by atoms with E-state index in [1.165, 1.54) is 24.5 Å². The maximum Gasteiger partial charge on any atom is 0.248 e. The number of carbonyl (C=O) groups is 1. The summed E-state index contributed by atoms with van der Waals surface area (Å²) in [5, 5.41) is 6.67. The van der Waals surface area contributed by atoms with Gasteiger partial charge in [0.05, 0.1) is 29.4 Å². The van der Waals surface area contributed by atoms with Crippen molar-refractivity contribution < 1.29 is 18.7 Å². The monoisotopic (exact) mass is 613 g/mol. The molecule has 1 aliphatic heterocycles. The Bertz CT molecular complexity index is 1220. The third-order valence-electron chi connectivity index (χ3n) is 5.10. The van der Waals surface area contributed by atoms with E-state index in [0.29, 0.717) is 53.6 Å².